The SMILES string of the molecule is CCOC(=O)c1ccccc1C1CCC(N2CCC(NC(=O)N3C(=O)NC(CCOC)=C(C(=O)OC)C3c3ccc(F)c(F)c3)C2)CC1. The number of nitrogens with zero attached hydrogens (tertiary/aromatic N) is 2. The number of nitrogens with one attached hydrogen (secondary N) is 2. The summed E-state index contributed by atoms with van der Waals surface area (Å²) in [4.78, 5) is 56.1. The van der Waals surface area contributed by atoms with Gasteiger partial charge in [-0.25, -0.2) is 32.9 Å². The molecular formula is C35H42F2N4O7. The molecule has 1 aliphatic carbocycles. The molecule has 2 fully saturated rings. The summed E-state index contributed by atoms with van der Waals surface area (Å²) in [6.07, 6.45) is 4.41. The van der Waals surface area contributed by atoms with Crippen LogP contribution in [-0.4, -0.2) is 86.4 Å². The summed E-state index contributed by atoms with van der Waals surface area (Å²) >= 11 is 0. The fourth-order valence-corrected chi connectivity index (χ4v) is 7.10. The van der Waals surface area contributed by atoms with E-state index in [1.807, 2.05) is 24.3 Å². The van der Waals surface area contributed by atoms with Crippen molar-refractivity contribution in [2.75, 3.05) is 40.5 Å². The zero-order valence-electron chi connectivity index (χ0n) is 27.4. The van der Waals surface area contributed by atoms with E-state index in [9.17, 15) is 28.0 Å². The molecule has 0 aromatic heterocycles. The number of likely N-dealkylation sites (tertiary alicyclic amines) is 1. The minimum Gasteiger partial charge on any atom is -0.466 e. The third-order valence-electron chi connectivity index (χ3n) is 9.43. The van der Waals surface area contributed by atoms with Crippen molar-refractivity contribution >= 4 is 24.0 Å². The molecule has 2 aromatic rings. The van der Waals surface area contributed by atoms with Gasteiger partial charge in [-0.2, -0.15) is 0 Å². The highest BCUT2D eigenvalue weighted by Gasteiger charge is 2.44. The summed E-state index contributed by atoms with van der Waals surface area (Å²) in [5.74, 6) is -3.19. The molecule has 2 aromatic carbocycles. The number of benzene rings is 2. The van der Waals surface area contributed by atoms with Gasteiger partial charge < -0.3 is 24.8 Å². The molecule has 5 rings (SSSR count). The first-order valence-corrected chi connectivity index (χ1v) is 16.3. The molecule has 11 nitrogen and oxygen atoms in total. The average molecular weight is 669 g/mol. The van der Waals surface area contributed by atoms with Crippen molar-refractivity contribution in [3.8, 4) is 0 Å². The number of methoxy groups -OCH3 is 2. The molecule has 13 heteroatoms. The largest absolute Gasteiger partial charge is 0.466 e. The number of carbonyl (C=O) groups is 4. The highest BCUT2D eigenvalue weighted by Crippen LogP contribution is 2.38. The molecule has 1 saturated carbocycles. The number of esters is 2. The second kappa shape index (κ2) is 15.7. The Morgan fingerprint density at radius 3 is 2.42 bits per heavy atom. The zero-order chi connectivity index (χ0) is 34.4. The molecule has 1 saturated heterocycles. The van der Waals surface area contributed by atoms with Crippen molar-refractivity contribution in [3.63, 3.8) is 0 Å². The van der Waals surface area contributed by atoms with Crippen LogP contribution in [0.5, 0.6) is 0 Å². The standard InChI is InChI=1S/C35H42F2N4O7/c1-4-48-32(42)26-8-6-5-7-25(26)21-9-12-24(13-10-21)40-17-15-23(20-40)38-34(44)41-31(22-11-14-27(36)28(37)19-22)30(33(43)47-3)29(16-18-46-2)39-35(41)45/h5-8,11,14,19,21,23-24,31H,4,9-10,12-13,15-18,20H2,1-3H3,(H,38,44)(H,39,45). The second-order valence-corrected chi connectivity index (χ2v) is 12.2. The molecule has 2 heterocycles. The Kier molecular flexibility index (Phi) is 11.4. The summed E-state index contributed by atoms with van der Waals surface area (Å²) in [5.41, 5.74) is 1.75. The van der Waals surface area contributed by atoms with Crippen molar-refractivity contribution in [1.29, 1.82) is 0 Å². The molecule has 3 aliphatic rings. The lowest BCUT2D eigenvalue weighted by molar-refractivity contribution is -0.136. The van der Waals surface area contributed by atoms with Crippen LogP contribution in [0.3, 0.4) is 0 Å². The van der Waals surface area contributed by atoms with Crippen LogP contribution in [0, 0.1) is 11.6 Å². The van der Waals surface area contributed by atoms with Gasteiger partial charge in [-0.3, -0.25) is 4.90 Å². The first-order valence-electron chi connectivity index (χ1n) is 16.3. The molecule has 0 bridgehead atoms. The fraction of sp³-hybridized carbons (Fsp3) is 0.486. The lowest BCUT2D eigenvalue weighted by Crippen LogP contribution is -2.56. The van der Waals surface area contributed by atoms with Crippen molar-refractivity contribution in [1.82, 2.24) is 20.4 Å². The molecule has 2 N–H and O–H groups in total. The minimum atomic E-state index is -1.38. The van der Waals surface area contributed by atoms with Gasteiger partial charge >= 0.3 is 24.0 Å². The van der Waals surface area contributed by atoms with Crippen molar-refractivity contribution in [2.45, 2.75) is 69.5 Å². The molecular weight excluding hydrogens is 626 g/mol. The van der Waals surface area contributed by atoms with E-state index in [-0.39, 0.29) is 47.8 Å². The quantitative estimate of drug-likeness (QED) is 0.332. The highest BCUT2D eigenvalue weighted by molar-refractivity contribution is 6.01. The van der Waals surface area contributed by atoms with Gasteiger partial charge in [0.2, 0.25) is 0 Å². The molecule has 2 unspecified atom stereocenters. The molecule has 4 amide bonds. The third kappa shape index (κ3) is 7.52. The Balaban J connectivity index is 1.28. The van der Waals surface area contributed by atoms with Gasteiger partial charge in [-0.15, -0.1) is 0 Å². The number of hydrogen-bond acceptors (Lipinski definition) is 8. The monoisotopic (exact) mass is 668 g/mol. The molecule has 0 spiro atoms. The van der Waals surface area contributed by atoms with Crippen LogP contribution in [-0.2, 0) is 19.0 Å². The van der Waals surface area contributed by atoms with Crippen LogP contribution >= 0.6 is 0 Å². The van der Waals surface area contributed by atoms with Gasteiger partial charge in [0.15, 0.2) is 11.6 Å². The van der Waals surface area contributed by atoms with E-state index < -0.39 is 35.7 Å². The fourth-order valence-electron chi connectivity index (χ4n) is 7.10. The number of rotatable bonds is 10. The van der Waals surface area contributed by atoms with E-state index in [1.165, 1.54) is 13.2 Å². The molecule has 258 valence electrons. The topological polar surface area (TPSA) is 127 Å². The minimum absolute atomic E-state index is 0.0311. The van der Waals surface area contributed by atoms with Crippen LogP contribution in [0.1, 0.15) is 78.9 Å². The van der Waals surface area contributed by atoms with E-state index >= 15 is 0 Å². The van der Waals surface area contributed by atoms with Crippen molar-refractivity contribution in [2.24, 2.45) is 0 Å². The zero-order valence-corrected chi connectivity index (χ0v) is 27.4. The number of urea groups is 2. The van der Waals surface area contributed by atoms with Gasteiger partial charge in [0.25, 0.3) is 0 Å². The number of imide groups is 1. The van der Waals surface area contributed by atoms with Crippen LogP contribution < -0.4 is 10.6 Å². The summed E-state index contributed by atoms with van der Waals surface area (Å²) in [7, 11) is 2.61. The number of carbonyl (C=O) groups excluding carboxylic acids is 4. The maximum Gasteiger partial charge on any atom is 0.338 e. The van der Waals surface area contributed by atoms with Gasteiger partial charge in [-0.05, 0) is 74.3 Å². The lowest BCUT2D eigenvalue weighted by atomic mass is 9.79. The van der Waals surface area contributed by atoms with E-state index in [1.54, 1.807) is 6.92 Å². The second-order valence-electron chi connectivity index (χ2n) is 12.2. The maximum absolute atomic E-state index is 14.5. The van der Waals surface area contributed by atoms with Crippen LogP contribution in [0.4, 0.5) is 18.4 Å². The van der Waals surface area contributed by atoms with Crippen LogP contribution in [0.15, 0.2) is 53.7 Å². The number of hydrogen-bond donors (Lipinski definition) is 2. The first-order chi connectivity index (χ1) is 23.2. The number of amides is 4. The Bertz CT molecular complexity index is 1560. The number of halogens is 2. The van der Waals surface area contributed by atoms with Crippen LogP contribution in [0.25, 0.3) is 0 Å². The Hall–Kier alpha value is -4.36. The third-order valence-corrected chi connectivity index (χ3v) is 9.43. The van der Waals surface area contributed by atoms with Crippen molar-refractivity contribution in [3.05, 3.63) is 82.1 Å². The predicted molar refractivity (Wildman–Crippen MR) is 171 cm³/mol. The smallest absolute Gasteiger partial charge is 0.338 e. The van der Waals surface area contributed by atoms with E-state index in [2.05, 4.69) is 15.5 Å². The maximum atomic E-state index is 14.5. The Labute approximate surface area is 278 Å². The normalized spacial score (nSPS) is 23.1. The van der Waals surface area contributed by atoms with E-state index in [4.69, 9.17) is 14.2 Å². The number of ether oxygens (including phenoxy) is 3. The summed E-state index contributed by atoms with van der Waals surface area (Å²) in [6.45, 7) is 3.56. The summed E-state index contributed by atoms with van der Waals surface area (Å²) in [5, 5.41) is 5.55. The Morgan fingerprint density at radius 1 is 0.979 bits per heavy atom. The van der Waals surface area contributed by atoms with E-state index in [0.717, 1.165) is 61.9 Å². The lowest BCUT2D eigenvalue weighted by Gasteiger charge is -2.37. The van der Waals surface area contributed by atoms with Crippen molar-refractivity contribution < 1.29 is 42.2 Å². The molecule has 0 radical (unpaired) electrons. The first kappa shape index (κ1) is 35.0. The van der Waals surface area contributed by atoms with Gasteiger partial charge in [0.05, 0.1) is 31.5 Å². The van der Waals surface area contributed by atoms with Crippen LogP contribution in [0.2, 0.25) is 0 Å². The molecule has 48 heavy (non-hydrogen) atoms. The summed E-state index contributed by atoms with van der Waals surface area (Å²) in [6, 6.07) is 7.63. The molecule has 2 atom stereocenters. The van der Waals surface area contributed by atoms with Gasteiger partial charge in [0.1, 0.15) is 6.04 Å². The Morgan fingerprint density at radius 2 is 1.73 bits per heavy atom. The van der Waals surface area contributed by atoms with E-state index in [0.29, 0.717) is 31.2 Å². The highest BCUT2D eigenvalue weighted by atomic mass is 19.2. The predicted octanol–water partition coefficient (Wildman–Crippen LogP) is 5.18. The molecule has 2 aliphatic heterocycles. The van der Waals surface area contributed by atoms with Gasteiger partial charge in [0, 0.05) is 44.4 Å². The average Bonchev–Trinajstić information content (AvgIpc) is 3.56. The summed E-state index contributed by atoms with van der Waals surface area (Å²) < 4.78 is 43.8. The van der Waals surface area contributed by atoms with Gasteiger partial charge in [-0.1, -0.05) is 24.3 Å².